The number of carbonyl (C=O) groups excluding carboxylic acids is 1. The summed E-state index contributed by atoms with van der Waals surface area (Å²) in [6.07, 6.45) is 3.49. The van der Waals surface area contributed by atoms with Crippen molar-refractivity contribution < 1.29 is 9.53 Å². The van der Waals surface area contributed by atoms with Gasteiger partial charge in [0.15, 0.2) is 0 Å². The Balaban J connectivity index is 2.00. The average Bonchev–Trinajstić information content (AvgIpc) is 3.09. The second-order valence-electron chi connectivity index (χ2n) is 5.49. The highest BCUT2D eigenvalue weighted by atomic mass is 16.5. The van der Waals surface area contributed by atoms with Gasteiger partial charge >= 0.3 is 0 Å². The molecule has 0 aliphatic carbocycles. The molecular formula is C15H23N5O2. The number of nitrogens with one attached hydrogen (secondary N) is 1. The van der Waals surface area contributed by atoms with Crippen LogP contribution in [0.2, 0.25) is 0 Å². The van der Waals surface area contributed by atoms with E-state index in [1.54, 1.807) is 31.4 Å². The van der Waals surface area contributed by atoms with Crippen molar-refractivity contribution in [2.45, 2.75) is 32.9 Å². The van der Waals surface area contributed by atoms with E-state index in [4.69, 9.17) is 4.74 Å². The molecule has 0 aliphatic rings. The molecule has 120 valence electrons. The second-order valence-corrected chi connectivity index (χ2v) is 5.49. The lowest BCUT2D eigenvalue weighted by molar-refractivity contribution is 0.0940. The Morgan fingerprint density at radius 3 is 2.86 bits per heavy atom. The Bertz CT molecular complexity index is 630. The number of nitrogens with zero attached hydrogens (tertiary/aromatic N) is 4. The van der Waals surface area contributed by atoms with E-state index in [0.717, 1.165) is 11.4 Å². The first kappa shape index (κ1) is 16.2. The topological polar surface area (TPSA) is 74.0 Å². The van der Waals surface area contributed by atoms with Gasteiger partial charge in [0.05, 0.1) is 30.9 Å². The quantitative estimate of drug-likeness (QED) is 0.837. The fraction of sp³-hybridized carbons (Fsp3) is 0.533. The number of hydrogen-bond acceptors (Lipinski definition) is 4. The van der Waals surface area contributed by atoms with Crippen LogP contribution in [0.1, 0.15) is 41.6 Å². The van der Waals surface area contributed by atoms with Crippen LogP contribution in [0.4, 0.5) is 0 Å². The largest absolute Gasteiger partial charge is 0.383 e. The van der Waals surface area contributed by atoms with Gasteiger partial charge in [0.1, 0.15) is 5.69 Å². The first-order valence-corrected chi connectivity index (χ1v) is 7.33. The van der Waals surface area contributed by atoms with Gasteiger partial charge in [-0.15, -0.1) is 0 Å². The van der Waals surface area contributed by atoms with Crippen LogP contribution in [0, 0.1) is 0 Å². The number of aryl methyl sites for hydroxylation is 1. The van der Waals surface area contributed by atoms with Crippen LogP contribution in [0.5, 0.6) is 0 Å². The number of imidazole rings is 1. The van der Waals surface area contributed by atoms with E-state index >= 15 is 0 Å². The maximum atomic E-state index is 12.3. The molecule has 0 aliphatic heterocycles. The van der Waals surface area contributed by atoms with E-state index in [1.807, 2.05) is 10.6 Å². The predicted molar refractivity (Wildman–Crippen MR) is 82.6 cm³/mol. The molecule has 2 aromatic rings. The van der Waals surface area contributed by atoms with Gasteiger partial charge in [0.2, 0.25) is 0 Å². The molecule has 0 spiro atoms. The van der Waals surface area contributed by atoms with E-state index in [1.165, 1.54) is 0 Å². The van der Waals surface area contributed by atoms with Crippen molar-refractivity contribution in [3.8, 4) is 0 Å². The molecule has 2 rings (SSSR count). The zero-order valence-electron chi connectivity index (χ0n) is 13.5. The lowest BCUT2D eigenvalue weighted by Crippen LogP contribution is -2.26. The number of rotatable bonds is 7. The lowest BCUT2D eigenvalue weighted by Gasteiger charge is -2.09. The van der Waals surface area contributed by atoms with Crippen molar-refractivity contribution in [1.82, 2.24) is 24.6 Å². The van der Waals surface area contributed by atoms with E-state index < -0.39 is 0 Å². The van der Waals surface area contributed by atoms with Crippen molar-refractivity contribution >= 4 is 5.91 Å². The number of aromatic nitrogens is 4. The fourth-order valence-corrected chi connectivity index (χ4v) is 2.13. The van der Waals surface area contributed by atoms with Crippen LogP contribution >= 0.6 is 0 Å². The number of hydrogen-bond donors (Lipinski definition) is 1. The van der Waals surface area contributed by atoms with Crippen LogP contribution in [0.25, 0.3) is 0 Å². The normalized spacial score (nSPS) is 11.1. The van der Waals surface area contributed by atoms with Crippen LogP contribution in [-0.4, -0.2) is 39.0 Å². The van der Waals surface area contributed by atoms with Crippen molar-refractivity contribution in [3.05, 3.63) is 35.7 Å². The Labute approximate surface area is 130 Å². The van der Waals surface area contributed by atoms with Crippen LogP contribution in [0.3, 0.4) is 0 Å². The van der Waals surface area contributed by atoms with Gasteiger partial charge in [-0.2, -0.15) is 5.10 Å². The summed E-state index contributed by atoms with van der Waals surface area (Å²) in [7, 11) is 3.44. The number of amides is 1. The molecule has 2 heterocycles. The zero-order valence-corrected chi connectivity index (χ0v) is 13.5. The molecular weight excluding hydrogens is 282 g/mol. The molecule has 1 N–H and O–H groups in total. The highest BCUT2D eigenvalue weighted by Crippen LogP contribution is 2.13. The van der Waals surface area contributed by atoms with Gasteiger partial charge in [-0.1, -0.05) is 13.8 Å². The maximum Gasteiger partial charge on any atom is 0.269 e. The maximum absolute atomic E-state index is 12.3. The molecule has 7 nitrogen and oxygen atoms in total. The van der Waals surface area contributed by atoms with E-state index in [9.17, 15) is 4.79 Å². The van der Waals surface area contributed by atoms with Crippen LogP contribution in [0.15, 0.2) is 18.6 Å². The van der Waals surface area contributed by atoms with Crippen LogP contribution in [-0.2, 0) is 24.9 Å². The summed E-state index contributed by atoms with van der Waals surface area (Å²) >= 11 is 0. The van der Waals surface area contributed by atoms with E-state index in [-0.39, 0.29) is 5.91 Å². The summed E-state index contributed by atoms with van der Waals surface area (Å²) in [5.74, 6) is 0.157. The number of carbonyl (C=O) groups is 1. The van der Waals surface area contributed by atoms with E-state index in [2.05, 4.69) is 29.2 Å². The summed E-state index contributed by atoms with van der Waals surface area (Å²) in [4.78, 5) is 16.4. The summed E-state index contributed by atoms with van der Waals surface area (Å²) in [6.45, 7) is 5.85. The first-order chi connectivity index (χ1) is 10.5. The molecule has 0 fully saturated rings. The molecule has 0 saturated carbocycles. The molecule has 2 aromatic heterocycles. The summed E-state index contributed by atoms with van der Waals surface area (Å²) in [5, 5.41) is 7.27. The number of ether oxygens (including phenoxy) is 1. The monoisotopic (exact) mass is 305 g/mol. The average molecular weight is 305 g/mol. The smallest absolute Gasteiger partial charge is 0.269 e. The first-order valence-electron chi connectivity index (χ1n) is 7.33. The highest BCUT2D eigenvalue weighted by molar-refractivity contribution is 5.92. The molecule has 0 aromatic carbocycles. The minimum atomic E-state index is -0.138. The highest BCUT2D eigenvalue weighted by Gasteiger charge is 2.15. The minimum absolute atomic E-state index is 0.138. The number of methoxy groups -OCH3 is 1. The van der Waals surface area contributed by atoms with Crippen molar-refractivity contribution in [2.75, 3.05) is 13.7 Å². The third-order valence-corrected chi connectivity index (χ3v) is 3.49. The Morgan fingerprint density at radius 2 is 2.23 bits per heavy atom. The second kappa shape index (κ2) is 7.22. The third-order valence-electron chi connectivity index (χ3n) is 3.49. The Morgan fingerprint density at radius 1 is 1.45 bits per heavy atom. The molecule has 0 radical (unpaired) electrons. The molecule has 7 heteroatoms. The molecule has 0 atom stereocenters. The Kier molecular flexibility index (Phi) is 5.32. The van der Waals surface area contributed by atoms with Gasteiger partial charge in [-0.25, -0.2) is 4.98 Å². The van der Waals surface area contributed by atoms with Gasteiger partial charge in [-0.3, -0.25) is 9.48 Å². The lowest BCUT2D eigenvalue weighted by atomic mass is 10.1. The van der Waals surface area contributed by atoms with Gasteiger partial charge in [0.25, 0.3) is 5.91 Å². The predicted octanol–water partition coefficient (Wildman–Crippen LogP) is 1.32. The fourth-order valence-electron chi connectivity index (χ4n) is 2.13. The van der Waals surface area contributed by atoms with Gasteiger partial charge in [-0.05, 0) is 12.0 Å². The standard InChI is InChI=1S/C15H23N5O2/c1-11(2)13-7-14(19(3)18-13)15(21)17-9-12-8-16-10-20(12)5-6-22-4/h7-8,10-11H,5-6,9H2,1-4H3,(H,17,21). The van der Waals surface area contributed by atoms with Crippen molar-refractivity contribution in [3.63, 3.8) is 0 Å². The van der Waals surface area contributed by atoms with Crippen molar-refractivity contribution in [2.24, 2.45) is 7.05 Å². The molecule has 0 saturated heterocycles. The SMILES string of the molecule is COCCn1cncc1CNC(=O)c1cc(C(C)C)nn1C. The molecule has 0 bridgehead atoms. The van der Waals surface area contributed by atoms with E-state index in [0.29, 0.717) is 31.3 Å². The minimum Gasteiger partial charge on any atom is -0.383 e. The summed E-state index contributed by atoms with van der Waals surface area (Å²) in [5.41, 5.74) is 2.42. The molecule has 1 amide bonds. The van der Waals surface area contributed by atoms with Gasteiger partial charge < -0.3 is 14.6 Å². The zero-order chi connectivity index (χ0) is 16.1. The Hall–Kier alpha value is -2.15. The van der Waals surface area contributed by atoms with Crippen molar-refractivity contribution in [1.29, 1.82) is 0 Å². The summed E-state index contributed by atoms with van der Waals surface area (Å²) in [6, 6.07) is 1.84. The molecule has 0 unspecified atom stereocenters. The van der Waals surface area contributed by atoms with Crippen LogP contribution < -0.4 is 5.32 Å². The molecule has 22 heavy (non-hydrogen) atoms. The summed E-state index contributed by atoms with van der Waals surface area (Å²) < 4.78 is 8.64. The third kappa shape index (κ3) is 3.73. The van der Waals surface area contributed by atoms with Gasteiger partial charge in [0, 0.05) is 26.9 Å².